The van der Waals surface area contributed by atoms with E-state index in [-0.39, 0.29) is 11.3 Å². The van der Waals surface area contributed by atoms with E-state index >= 15 is 0 Å². The van der Waals surface area contributed by atoms with Crippen LogP contribution in [0.4, 0.5) is 10.6 Å². The molecule has 1 aromatic rings. The summed E-state index contributed by atoms with van der Waals surface area (Å²) in [5, 5.41) is 3.44. The first-order valence-corrected chi connectivity index (χ1v) is 7.43. The lowest BCUT2D eigenvalue weighted by Crippen LogP contribution is -2.40. The summed E-state index contributed by atoms with van der Waals surface area (Å²) in [6, 6.07) is -0.00958. The van der Waals surface area contributed by atoms with Gasteiger partial charge in [-0.1, -0.05) is 11.6 Å². The lowest BCUT2D eigenvalue weighted by Gasteiger charge is -2.22. The molecule has 1 aliphatic heterocycles. The third-order valence-corrected chi connectivity index (χ3v) is 3.35. The van der Waals surface area contributed by atoms with Gasteiger partial charge in [0.15, 0.2) is 5.82 Å². The van der Waals surface area contributed by atoms with Crippen molar-refractivity contribution in [1.82, 2.24) is 15.3 Å². The molecule has 0 spiro atoms. The van der Waals surface area contributed by atoms with Gasteiger partial charge in [0.2, 0.25) is 5.28 Å². The zero-order valence-electron chi connectivity index (χ0n) is 12.2. The van der Waals surface area contributed by atoms with Crippen molar-refractivity contribution in [2.24, 2.45) is 0 Å². The molecule has 21 heavy (non-hydrogen) atoms. The molecule has 1 saturated heterocycles. The summed E-state index contributed by atoms with van der Waals surface area (Å²) < 4.78 is 5.24. The summed E-state index contributed by atoms with van der Waals surface area (Å²) in [4.78, 5) is 21.7. The smallest absolute Gasteiger partial charge is 0.407 e. The van der Waals surface area contributed by atoms with Crippen molar-refractivity contribution in [1.29, 1.82) is 0 Å². The van der Waals surface area contributed by atoms with Gasteiger partial charge in [-0.25, -0.2) is 9.78 Å². The van der Waals surface area contributed by atoms with Crippen LogP contribution in [-0.4, -0.2) is 40.8 Å². The van der Waals surface area contributed by atoms with Crippen LogP contribution in [0.2, 0.25) is 10.3 Å². The molecule has 1 aliphatic rings. The molecule has 0 unspecified atom stereocenters. The quantitative estimate of drug-likeness (QED) is 0.843. The third-order valence-electron chi connectivity index (χ3n) is 2.90. The SMILES string of the molecule is CC(C)(C)OC(=O)N[C@@H]1CCN(c2nc(Cl)ncc2Cl)C1. The zero-order valence-corrected chi connectivity index (χ0v) is 13.7. The second kappa shape index (κ2) is 6.23. The lowest BCUT2D eigenvalue weighted by atomic mass is 10.2. The topological polar surface area (TPSA) is 67.3 Å². The van der Waals surface area contributed by atoms with E-state index in [1.807, 2.05) is 25.7 Å². The number of nitrogens with one attached hydrogen (secondary N) is 1. The molecule has 1 atom stereocenters. The molecule has 8 heteroatoms. The summed E-state index contributed by atoms with van der Waals surface area (Å²) in [5.74, 6) is 0.588. The van der Waals surface area contributed by atoms with Gasteiger partial charge in [0.25, 0.3) is 0 Å². The fourth-order valence-electron chi connectivity index (χ4n) is 2.10. The van der Waals surface area contributed by atoms with Crippen LogP contribution in [0, 0.1) is 0 Å². The standard InChI is InChI=1S/C13H18Cl2N4O2/c1-13(2,3)21-12(20)17-8-4-5-19(7-8)10-9(14)6-16-11(15)18-10/h6,8H,4-5,7H2,1-3H3,(H,17,20)/t8-/m1/s1. The number of anilines is 1. The molecular weight excluding hydrogens is 315 g/mol. The molecule has 2 rings (SSSR count). The number of aromatic nitrogens is 2. The van der Waals surface area contributed by atoms with Crippen LogP contribution in [0.15, 0.2) is 6.20 Å². The number of nitrogens with zero attached hydrogens (tertiary/aromatic N) is 3. The Kier molecular flexibility index (Phi) is 4.78. The summed E-state index contributed by atoms with van der Waals surface area (Å²) >= 11 is 11.9. The Balaban J connectivity index is 1.95. The highest BCUT2D eigenvalue weighted by Crippen LogP contribution is 2.27. The summed E-state index contributed by atoms with van der Waals surface area (Å²) in [6.45, 7) is 6.82. The maximum Gasteiger partial charge on any atom is 0.407 e. The number of ether oxygens (including phenoxy) is 1. The second-order valence-corrected chi connectivity index (χ2v) is 6.63. The van der Waals surface area contributed by atoms with Crippen molar-refractivity contribution in [3.63, 3.8) is 0 Å². The van der Waals surface area contributed by atoms with Crippen LogP contribution >= 0.6 is 23.2 Å². The van der Waals surface area contributed by atoms with Gasteiger partial charge in [-0.3, -0.25) is 0 Å². The fraction of sp³-hybridized carbons (Fsp3) is 0.615. The molecule has 1 amide bonds. The fourth-order valence-corrected chi connectivity index (χ4v) is 2.44. The van der Waals surface area contributed by atoms with Gasteiger partial charge in [-0.2, -0.15) is 4.98 Å². The number of amides is 1. The molecule has 6 nitrogen and oxygen atoms in total. The highest BCUT2D eigenvalue weighted by Gasteiger charge is 2.28. The molecular formula is C13H18Cl2N4O2. The van der Waals surface area contributed by atoms with Crippen LogP contribution in [0.25, 0.3) is 0 Å². The Hall–Kier alpha value is -1.27. The highest BCUT2D eigenvalue weighted by atomic mass is 35.5. The average molecular weight is 333 g/mol. The molecule has 2 heterocycles. The number of carbonyl (C=O) groups is 1. The Morgan fingerprint density at radius 1 is 1.48 bits per heavy atom. The van der Waals surface area contributed by atoms with Crippen molar-refractivity contribution in [2.45, 2.75) is 38.8 Å². The normalized spacial score (nSPS) is 18.7. The van der Waals surface area contributed by atoms with Gasteiger partial charge in [0.1, 0.15) is 10.6 Å². The predicted octanol–water partition coefficient (Wildman–Crippen LogP) is 2.89. The van der Waals surface area contributed by atoms with Crippen LogP contribution in [-0.2, 0) is 4.74 Å². The Morgan fingerprint density at radius 3 is 2.86 bits per heavy atom. The largest absolute Gasteiger partial charge is 0.444 e. The van der Waals surface area contributed by atoms with Gasteiger partial charge in [0.05, 0.1) is 12.2 Å². The highest BCUT2D eigenvalue weighted by molar-refractivity contribution is 6.33. The average Bonchev–Trinajstić information content (AvgIpc) is 2.78. The monoisotopic (exact) mass is 332 g/mol. The van der Waals surface area contributed by atoms with Crippen LogP contribution in [0.1, 0.15) is 27.2 Å². The maximum atomic E-state index is 11.8. The first-order valence-electron chi connectivity index (χ1n) is 6.67. The zero-order chi connectivity index (χ0) is 15.6. The maximum absolute atomic E-state index is 11.8. The predicted molar refractivity (Wildman–Crippen MR) is 82.0 cm³/mol. The third kappa shape index (κ3) is 4.61. The van der Waals surface area contributed by atoms with Crippen molar-refractivity contribution >= 4 is 35.1 Å². The minimum atomic E-state index is -0.508. The van der Waals surface area contributed by atoms with Crippen LogP contribution < -0.4 is 10.2 Å². The van der Waals surface area contributed by atoms with Crippen molar-refractivity contribution in [3.8, 4) is 0 Å². The number of rotatable bonds is 2. The van der Waals surface area contributed by atoms with Crippen LogP contribution in [0.3, 0.4) is 0 Å². The van der Waals surface area contributed by atoms with E-state index in [1.165, 1.54) is 6.20 Å². The minimum absolute atomic E-state index is 0.00958. The summed E-state index contributed by atoms with van der Waals surface area (Å²) in [5.41, 5.74) is -0.508. The molecule has 1 aromatic heterocycles. The minimum Gasteiger partial charge on any atom is -0.444 e. The molecule has 0 aromatic carbocycles. The molecule has 0 radical (unpaired) electrons. The van der Waals surface area contributed by atoms with E-state index in [4.69, 9.17) is 27.9 Å². The first-order chi connectivity index (χ1) is 9.74. The molecule has 1 N–H and O–H groups in total. The van der Waals surface area contributed by atoms with Gasteiger partial charge >= 0.3 is 6.09 Å². The molecule has 0 bridgehead atoms. The van der Waals surface area contributed by atoms with Gasteiger partial charge < -0.3 is 15.0 Å². The van der Waals surface area contributed by atoms with Crippen LogP contribution in [0.5, 0.6) is 0 Å². The number of hydrogen-bond donors (Lipinski definition) is 1. The van der Waals surface area contributed by atoms with E-state index in [0.717, 1.165) is 13.0 Å². The van der Waals surface area contributed by atoms with E-state index in [0.29, 0.717) is 17.4 Å². The Bertz CT molecular complexity index is 533. The number of hydrogen-bond acceptors (Lipinski definition) is 5. The van der Waals surface area contributed by atoms with Gasteiger partial charge in [-0.05, 0) is 38.8 Å². The summed E-state index contributed by atoms with van der Waals surface area (Å²) in [7, 11) is 0. The number of carbonyl (C=O) groups excluding carboxylic acids is 1. The Morgan fingerprint density at radius 2 is 2.19 bits per heavy atom. The Labute approximate surface area is 133 Å². The lowest BCUT2D eigenvalue weighted by molar-refractivity contribution is 0.0509. The summed E-state index contributed by atoms with van der Waals surface area (Å²) in [6.07, 6.45) is 1.85. The number of halogens is 2. The molecule has 116 valence electrons. The molecule has 0 aliphatic carbocycles. The second-order valence-electron chi connectivity index (χ2n) is 5.89. The van der Waals surface area contributed by atoms with E-state index in [2.05, 4.69) is 15.3 Å². The van der Waals surface area contributed by atoms with E-state index in [1.54, 1.807) is 0 Å². The number of alkyl carbamates (subject to hydrolysis) is 1. The molecule has 0 saturated carbocycles. The van der Waals surface area contributed by atoms with Gasteiger partial charge in [0, 0.05) is 13.1 Å². The van der Waals surface area contributed by atoms with Crippen molar-refractivity contribution in [2.75, 3.05) is 18.0 Å². The van der Waals surface area contributed by atoms with Crippen molar-refractivity contribution in [3.05, 3.63) is 16.5 Å². The first kappa shape index (κ1) is 16.1. The van der Waals surface area contributed by atoms with Gasteiger partial charge in [-0.15, -0.1) is 0 Å². The van der Waals surface area contributed by atoms with Crippen molar-refractivity contribution < 1.29 is 9.53 Å². The molecule has 1 fully saturated rings. The van der Waals surface area contributed by atoms with E-state index in [9.17, 15) is 4.79 Å². The van der Waals surface area contributed by atoms with E-state index < -0.39 is 11.7 Å².